The van der Waals surface area contributed by atoms with E-state index >= 15 is 0 Å². The van der Waals surface area contributed by atoms with Crippen LogP contribution in [0.2, 0.25) is 6.04 Å². The molecule has 0 aliphatic heterocycles. The smallest absolute Gasteiger partial charge is 0.0246 e. The molecule has 0 amide bonds. The lowest BCUT2D eigenvalue weighted by Gasteiger charge is -1.97. The quantitative estimate of drug-likeness (QED) is 0.373. The summed E-state index contributed by atoms with van der Waals surface area (Å²) in [6.07, 6.45) is 0. The number of hydrogen-bond donors (Lipinski definition) is 0. The summed E-state index contributed by atoms with van der Waals surface area (Å²) >= 11 is 5.47. The van der Waals surface area contributed by atoms with Crippen LogP contribution < -0.4 is 0 Å². The zero-order chi connectivity index (χ0) is 4.99. The van der Waals surface area contributed by atoms with Gasteiger partial charge in [-0.05, 0) is 5.92 Å². The van der Waals surface area contributed by atoms with Crippen LogP contribution in [-0.4, -0.2) is 16.1 Å². The monoisotopic (exact) mass is 122 g/mol. The van der Waals surface area contributed by atoms with E-state index in [-0.39, 0.29) is 0 Å². The molecule has 1 unspecified atom stereocenters. The minimum Gasteiger partial charge on any atom is -0.126 e. The van der Waals surface area contributed by atoms with Crippen LogP contribution in [0.1, 0.15) is 6.92 Å². The lowest BCUT2D eigenvalue weighted by atomic mass is 10.3. The minimum absolute atomic E-state index is 0.762. The molecule has 0 heterocycles. The Labute approximate surface area is 47.3 Å². The van der Waals surface area contributed by atoms with Crippen LogP contribution in [0.25, 0.3) is 0 Å². The third-order valence-electron chi connectivity index (χ3n) is 0.960. The van der Waals surface area contributed by atoms with Gasteiger partial charge in [-0.15, -0.1) is 11.6 Å². The van der Waals surface area contributed by atoms with Crippen molar-refractivity contribution in [3.8, 4) is 0 Å². The number of halogens is 1. The molecular weight excluding hydrogens is 112 g/mol. The van der Waals surface area contributed by atoms with Crippen molar-refractivity contribution in [3.63, 3.8) is 0 Å². The normalized spacial score (nSPS) is 15.0. The van der Waals surface area contributed by atoms with Crippen molar-refractivity contribution < 1.29 is 0 Å². The largest absolute Gasteiger partial charge is 0.126 e. The van der Waals surface area contributed by atoms with E-state index in [0.29, 0.717) is 0 Å². The van der Waals surface area contributed by atoms with Crippen molar-refractivity contribution in [2.45, 2.75) is 13.0 Å². The van der Waals surface area contributed by atoms with Gasteiger partial charge in [-0.25, -0.2) is 0 Å². The first kappa shape index (κ1) is 6.51. The van der Waals surface area contributed by atoms with E-state index in [2.05, 4.69) is 6.92 Å². The maximum Gasteiger partial charge on any atom is 0.0246 e. The molecule has 1 atom stereocenters. The second-order valence-corrected chi connectivity index (χ2v) is 2.79. The summed E-state index contributed by atoms with van der Waals surface area (Å²) in [5, 5.41) is 0. The molecule has 0 aromatic carbocycles. The molecule has 0 saturated heterocycles. The van der Waals surface area contributed by atoms with Gasteiger partial charge < -0.3 is 0 Å². The Morgan fingerprint density at radius 1 is 1.83 bits per heavy atom. The Hall–Kier alpha value is 0.507. The van der Waals surface area contributed by atoms with Gasteiger partial charge in [0.25, 0.3) is 0 Å². The Bertz CT molecular complexity index is 26.7. The van der Waals surface area contributed by atoms with E-state index < -0.39 is 0 Å². The number of alkyl halides is 1. The molecule has 0 saturated carbocycles. The first-order chi connectivity index (χ1) is 2.81. The molecule has 6 heavy (non-hydrogen) atoms. The second-order valence-electron chi connectivity index (χ2n) is 1.67. The standard InChI is InChI=1S/C4H11ClSi/c1-4(2-5)3-6/h4H,2-3H2,1,6H3. The minimum atomic E-state index is 0.762. The summed E-state index contributed by atoms with van der Waals surface area (Å²) in [6, 6.07) is 1.34. The average molecular weight is 123 g/mol. The topological polar surface area (TPSA) is 0 Å². The van der Waals surface area contributed by atoms with Gasteiger partial charge >= 0.3 is 0 Å². The van der Waals surface area contributed by atoms with Crippen LogP contribution >= 0.6 is 11.6 Å². The summed E-state index contributed by atoms with van der Waals surface area (Å²) in [5.74, 6) is 1.60. The zero-order valence-corrected chi connectivity index (χ0v) is 7.13. The van der Waals surface area contributed by atoms with Crippen molar-refractivity contribution in [1.29, 1.82) is 0 Å². The predicted octanol–water partition coefficient (Wildman–Crippen LogP) is 0.645. The van der Waals surface area contributed by atoms with Gasteiger partial charge in [0.15, 0.2) is 0 Å². The third-order valence-corrected chi connectivity index (χ3v) is 2.88. The third kappa shape index (κ3) is 2.73. The molecular formula is C4H11ClSi. The molecule has 0 N–H and O–H groups in total. The molecule has 38 valence electrons. The SMILES string of the molecule is CC(C[SiH3])CCl. The first-order valence-electron chi connectivity index (χ1n) is 2.37. The van der Waals surface area contributed by atoms with Gasteiger partial charge in [0.05, 0.1) is 0 Å². The van der Waals surface area contributed by atoms with Crippen LogP contribution in [0.15, 0.2) is 0 Å². The predicted molar refractivity (Wildman–Crippen MR) is 34.6 cm³/mol. The molecule has 0 spiro atoms. The van der Waals surface area contributed by atoms with E-state index in [0.717, 1.165) is 11.8 Å². The van der Waals surface area contributed by atoms with Crippen molar-refractivity contribution in [2.75, 3.05) is 5.88 Å². The highest BCUT2D eigenvalue weighted by atomic mass is 35.5. The van der Waals surface area contributed by atoms with Crippen LogP contribution in [-0.2, 0) is 0 Å². The van der Waals surface area contributed by atoms with E-state index in [1.807, 2.05) is 0 Å². The lowest BCUT2D eigenvalue weighted by Crippen LogP contribution is -1.91. The molecule has 0 aliphatic carbocycles. The first-order valence-corrected chi connectivity index (χ1v) is 4.32. The molecule has 0 aliphatic rings. The summed E-state index contributed by atoms with van der Waals surface area (Å²) in [6.45, 7) is 2.18. The van der Waals surface area contributed by atoms with Crippen molar-refractivity contribution >= 4 is 21.8 Å². The Morgan fingerprint density at radius 3 is 2.33 bits per heavy atom. The average Bonchev–Trinajstić information content (AvgIpc) is 1.65. The highest BCUT2D eigenvalue weighted by Crippen LogP contribution is 1.99. The molecule has 0 nitrogen and oxygen atoms in total. The van der Waals surface area contributed by atoms with Crippen LogP contribution in [0.5, 0.6) is 0 Å². The molecule has 0 aromatic heterocycles. The van der Waals surface area contributed by atoms with Crippen molar-refractivity contribution in [2.24, 2.45) is 5.92 Å². The fourth-order valence-corrected chi connectivity index (χ4v) is 0.982. The van der Waals surface area contributed by atoms with Crippen LogP contribution in [0, 0.1) is 5.92 Å². The van der Waals surface area contributed by atoms with Gasteiger partial charge in [-0.1, -0.05) is 13.0 Å². The highest BCUT2D eigenvalue weighted by molar-refractivity contribution is 6.18. The summed E-state index contributed by atoms with van der Waals surface area (Å²) < 4.78 is 0. The maximum absolute atomic E-state index is 5.47. The molecule has 0 fully saturated rings. The fraction of sp³-hybridized carbons (Fsp3) is 1.00. The molecule has 2 heteroatoms. The fourth-order valence-electron chi connectivity index (χ4n) is 0.109. The van der Waals surface area contributed by atoms with Gasteiger partial charge in [0.2, 0.25) is 0 Å². The number of rotatable bonds is 2. The van der Waals surface area contributed by atoms with Crippen LogP contribution in [0.4, 0.5) is 0 Å². The summed E-state index contributed by atoms with van der Waals surface area (Å²) in [5.41, 5.74) is 0. The Morgan fingerprint density at radius 2 is 2.33 bits per heavy atom. The summed E-state index contributed by atoms with van der Waals surface area (Å²) in [7, 11) is 1.30. The molecule has 0 bridgehead atoms. The van der Waals surface area contributed by atoms with Crippen molar-refractivity contribution in [1.82, 2.24) is 0 Å². The Kier molecular flexibility index (Phi) is 4.00. The summed E-state index contributed by atoms with van der Waals surface area (Å²) in [4.78, 5) is 0. The van der Waals surface area contributed by atoms with E-state index in [1.54, 1.807) is 0 Å². The van der Waals surface area contributed by atoms with Gasteiger partial charge in [-0.3, -0.25) is 0 Å². The zero-order valence-electron chi connectivity index (χ0n) is 4.37. The maximum atomic E-state index is 5.47. The van der Waals surface area contributed by atoms with Gasteiger partial charge in [0.1, 0.15) is 0 Å². The highest BCUT2D eigenvalue weighted by Gasteiger charge is 1.90. The van der Waals surface area contributed by atoms with Crippen molar-refractivity contribution in [3.05, 3.63) is 0 Å². The molecule has 0 rings (SSSR count). The van der Waals surface area contributed by atoms with Gasteiger partial charge in [-0.2, -0.15) is 0 Å². The Balaban J connectivity index is 2.75. The molecule has 0 radical (unpaired) electrons. The van der Waals surface area contributed by atoms with E-state index in [4.69, 9.17) is 11.6 Å². The second kappa shape index (κ2) is 3.69. The molecule has 0 aromatic rings. The van der Waals surface area contributed by atoms with Crippen LogP contribution in [0.3, 0.4) is 0 Å². The number of hydrogen-bond acceptors (Lipinski definition) is 0. The van der Waals surface area contributed by atoms with E-state index in [9.17, 15) is 0 Å². The van der Waals surface area contributed by atoms with Gasteiger partial charge in [0, 0.05) is 16.1 Å². The lowest BCUT2D eigenvalue weighted by molar-refractivity contribution is 0.744. The van der Waals surface area contributed by atoms with E-state index in [1.165, 1.54) is 16.3 Å².